The molecule has 0 saturated heterocycles. The quantitative estimate of drug-likeness (QED) is 0.733. The number of hydrogen-bond acceptors (Lipinski definition) is 3. The van der Waals surface area contributed by atoms with Gasteiger partial charge in [0.2, 0.25) is 0 Å². The average Bonchev–Trinajstić information content (AvgIpc) is 2.41. The summed E-state index contributed by atoms with van der Waals surface area (Å²) in [5.74, 6) is 2.20. The van der Waals surface area contributed by atoms with Gasteiger partial charge in [0, 0.05) is 11.6 Å². The Bertz CT molecular complexity index is 330. The molecule has 1 atom stereocenters. The molecule has 0 aliphatic heterocycles. The first-order valence-corrected chi connectivity index (χ1v) is 8.16. The molecule has 0 radical (unpaired) electrons. The van der Waals surface area contributed by atoms with E-state index in [9.17, 15) is 0 Å². The first-order valence-electron chi connectivity index (χ1n) is 6.77. The number of rotatable bonds is 9. The van der Waals surface area contributed by atoms with Gasteiger partial charge in [0.1, 0.15) is 5.75 Å². The van der Waals surface area contributed by atoms with Crippen molar-refractivity contribution in [3.63, 3.8) is 0 Å². The van der Waals surface area contributed by atoms with Gasteiger partial charge >= 0.3 is 0 Å². The Morgan fingerprint density at radius 2 is 2.06 bits per heavy atom. The average molecular weight is 267 g/mol. The van der Waals surface area contributed by atoms with Gasteiger partial charge in [0.25, 0.3) is 0 Å². The van der Waals surface area contributed by atoms with E-state index in [0.717, 1.165) is 31.7 Å². The summed E-state index contributed by atoms with van der Waals surface area (Å²) in [5, 5.41) is 3.56. The first-order chi connectivity index (χ1) is 8.83. The zero-order valence-electron chi connectivity index (χ0n) is 11.7. The highest BCUT2D eigenvalue weighted by molar-refractivity contribution is 7.98. The molecule has 1 unspecified atom stereocenters. The molecule has 0 fully saturated rings. The second-order valence-electron chi connectivity index (χ2n) is 4.28. The number of nitrogens with one attached hydrogen (secondary N) is 1. The highest BCUT2D eigenvalue weighted by Crippen LogP contribution is 2.28. The molecule has 1 N–H and O–H groups in total. The molecule has 0 amide bonds. The van der Waals surface area contributed by atoms with Crippen molar-refractivity contribution >= 4 is 11.8 Å². The van der Waals surface area contributed by atoms with Gasteiger partial charge < -0.3 is 10.1 Å². The van der Waals surface area contributed by atoms with Gasteiger partial charge in [-0.2, -0.15) is 11.8 Å². The third-order valence-corrected chi connectivity index (χ3v) is 3.46. The van der Waals surface area contributed by atoms with Crippen molar-refractivity contribution in [3.05, 3.63) is 29.8 Å². The van der Waals surface area contributed by atoms with Crippen LogP contribution < -0.4 is 10.1 Å². The molecule has 1 rings (SSSR count). The smallest absolute Gasteiger partial charge is 0.124 e. The van der Waals surface area contributed by atoms with Crippen molar-refractivity contribution in [2.75, 3.05) is 25.2 Å². The molecular formula is C15H25NOS. The van der Waals surface area contributed by atoms with Gasteiger partial charge in [-0.25, -0.2) is 0 Å². The molecule has 0 spiro atoms. The standard InChI is InChI=1S/C15H25NOS/c1-4-11-17-15-9-7-6-8-13(15)14(16-5-2)10-12-18-3/h6-9,14,16H,4-5,10-12H2,1-3H3. The zero-order chi connectivity index (χ0) is 13.2. The lowest BCUT2D eigenvalue weighted by Gasteiger charge is -2.21. The summed E-state index contributed by atoms with van der Waals surface area (Å²) in [6.45, 7) is 6.07. The van der Waals surface area contributed by atoms with Crippen LogP contribution in [0.25, 0.3) is 0 Å². The SMILES string of the molecule is CCCOc1ccccc1C(CCSC)NCC. The fraction of sp³-hybridized carbons (Fsp3) is 0.600. The van der Waals surface area contributed by atoms with Gasteiger partial charge in [-0.05, 0) is 37.5 Å². The van der Waals surface area contributed by atoms with Gasteiger partial charge in [-0.15, -0.1) is 0 Å². The first kappa shape index (κ1) is 15.4. The van der Waals surface area contributed by atoms with Crippen LogP contribution in [-0.2, 0) is 0 Å². The van der Waals surface area contributed by atoms with Crippen LogP contribution in [0.1, 0.15) is 38.3 Å². The summed E-state index contributed by atoms with van der Waals surface area (Å²) >= 11 is 1.89. The van der Waals surface area contributed by atoms with Crippen molar-refractivity contribution in [2.24, 2.45) is 0 Å². The van der Waals surface area contributed by atoms with Crippen molar-refractivity contribution < 1.29 is 4.74 Å². The maximum absolute atomic E-state index is 5.85. The molecule has 18 heavy (non-hydrogen) atoms. The molecular weight excluding hydrogens is 242 g/mol. The van der Waals surface area contributed by atoms with E-state index in [1.165, 1.54) is 11.3 Å². The van der Waals surface area contributed by atoms with Crippen LogP contribution in [0.2, 0.25) is 0 Å². The summed E-state index contributed by atoms with van der Waals surface area (Å²) in [6.07, 6.45) is 4.34. The normalized spacial score (nSPS) is 12.4. The van der Waals surface area contributed by atoms with Crippen molar-refractivity contribution in [3.8, 4) is 5.75 Å². The maximum atomic E-state index is 5.85. The van der Waals surface area contributed by atoms with Gasteiger partial charge in [0.15, 0.2) is 0 Å². The van der Waals surface area contributed by atoms with E-state index >= 15 is 0 Å². The molecule has 0 aromatic heterocycles. The molecule has 0 bridgehead atoms. The highest BCUT2D eigenvalue weighted by Gasteiger charge is 2.14. The van der Waals surface area contributed by atoms with Crippen molar-refractivity contribution in [2.45, 2.75) is 32.7 Å². The van der Waals surface area contributed by atoms with Crippen LogP contribution in [0, 0.1) is 0 Å². The fourth-order valence-electron chi connectivity index (χ4n) is 1.96. The van der Waals surface area contributed by atoms with Crippen molar-refractivity contribution in [1.29, 1.82) is 0 Å². The predicted molar refractivity (Wildman–Crippen MR) is 81.6 cm³/mol. The minimum Gasteiger partial charge on any atom is -0.493 e. The Labute approximate surface area is 116 Å². The zero-order valence-corrected chi connectivity index (χ0v) is 12.6. The Morgan fingerprint density at radius 1 is 1.28 bits per heavy atom. The summed E-state index contributed by atoms with van der Waals surface area (Å²) in [7, 11) is 0. The van der Waals surface area contributed by atoms with Gasteiger partial charge in [0.05, 0.1) is 6.61 Å². The highest BCUT2D eigenvalue weighted by atomic mass is 32.2. The Morgan fingerprint density at radius 3 is 2.72 bits per heavy atom. The predicted octanol–water partition coefficient (Wildman–Crippen LogP) is 3.88. The summed E-state index contributed by atoms with van der Waals surface area (Å²) < 4.78 is 5.85. The molecule has 2 nitrogen and oxygen atoms in total. The third-order valence-electron chi connectivity index (χ3n) is 2.82. The van der Waals surface area contributed by atoms with Crippen LogP contribution in [-0.4, -0.2) is 25.2 Å². The lowest BCUT2D eigenvalue weighted by atomic mass is 10.0. The van der Waals surface area contributed by atoms with Gasteiger partial charge in [-0.1, -0.05) is 32.0 Å². The van der Waals surface area contributed by atoms with E-state index in [2.05, 4.69) is 43.6 Å². The van der Waals surface area contributed by atoms with E-state index in [0.29, 0.717) is 6.04 Å². The monoisotopic (exact) mass is 267 g/mol. The van der Waals surface area contributed by atoms with Crippen molar-refractivity contribution in [1.82, 2.24) is 5.32 Å². The molecule has 1 aromatic carbocycles. The number of para-hydroxylation sites is 1. The number of benzene rings is 1. The molecule has 0 saturated carbocycles. The number of ether oxygens (including phenoxy) is 1. The summed E-state index contributed by atoms with van der Waals surface area (Å²) in [6, 6.07) is 8.80. The van der Waals surface area contributed by atoms with E-state index in [1.54, 1.807) is 0 Å². The van der Waals surface area contributed by atoms with Gasteiger partial charge in [-0.3, -0.25) is 0 Å². The van der Waals surface area contributed by atoms with E-state index in [-0.39, 0.29) is 0 Å². The molecule has 1 aromatic rings. The lowest BCUT2D eigenvalue weighted by molar-refractivity contribution is 0.309. The minimum absolute atomic E-state index is 0.399. The molecule has 3 heteroatoms. The third kappa shape index (κ3) is 4.91. The lowest BCUT2D eigenvalue weighted by Crippen LogP contribution is -2.22. The van der Waals surface area contributed by atoms with Crippen LogP contribution in [0.4, 0.5) is 0 Å². The molecule has 0 heterocycles. The maximum Gasteiger partial charge on any atom is 0.124 e. The summed E-state index contributed by atoms with van der Waals surface area (Å²) in [5.41, 5.74) is 1.29. The Balaban J connectivity index is 2.80. The van der Waals surface area contributed by atoms with Crippen LogP contribution in [0.5, 0.6) is 5.75 Å². The Hall–Kier alpha value is -0.670. The fourth-order valence-corrected chi connectivity index (χ4v) is 2.43. The van der Waals surface area contributed by atoms with Crippen LogP contribution in [0.15, 0.2) is 24.3 Å². The van der Waals surface area contributed by atoms with E-state index in [4.69, 9.17) is 4.74 Å². The number of thioether (sulfide) groups is 1. The topological polar surface area (TPSA) is 21.3 Å². The van der Waals surface area contributed by atoms with Crippen LogP contribution in [0.3, 0.4) is 0 Å². The van der Waals surface area contributed by atoms with E-state index in [1.807, 2.05) is 17.8 Å². The molecule has 102 valence electrons. The Kier molecular flexibility index (Phi) is 7.94. The minimum atomic E-state index is 0.399. The second-order valence-corrected chi connectivity index (χ2v) is 5.26. The summed E-state index contributed by atoms with van der Waals surface area (Å²) in [4.78, 5) is 0. The molecule has 0 aliphatic carbocycles. The number of hydrogen-bond donors (Lipinski definition) is 1. The van der Waals surface area contributed by atoms with E-state index < -0.39 is 0 Å². The second kappa shape index (κ2) is 9.29. The molecule has 0 aliphatic rings. The largest absolute Gasteiger partial charge is 0.493 e. The van der Waals surface area contributed by atoms with Crippen LogP contribution >= 0.6 is 11.8 Å².